The molecule has 138 valence electrons. The summed E-state index contributed by atoms with van der Waals surface area (Å²) in [5.74, 6) is 0.122. The molecule has 1 saturated carbocycles. The molecule has 0 aromatic heterocycles. The van der Waals surface area contributed by atoms with Crippen molar-refractivity contribution in [3.63, 3.8) is 0 Å². The molecule has 3 aliphatic rings. The van der Waals surface area contributed by atoms with Crippen LogP contribution in [0.1, 0.15) is 23.2 Å². The topological polar surface area (TPSA) is 110 Å². The first-order chi connectivity index (χ1) is 12.7. The lowest BCUT2D eigenvalue weighted by Crippen LogP contribution is -2.51. The van der Waals surface area contributed by atoms with E-state index in [-0.39, 0.29) is 36.6 Å². The van der Waals surface area contributed by atoms with Gasteiger partial charge in [0.05, 0.1) is 12.0 Å². The normalized spacial score (nSPS) is 33.8. The minimum absolute atomic E-state index is 0.00586. The van der Waals surface area contributed by atoms with Crippen LogP contribution in [-0.4, -0.2) is 64.8 Å². The maximum Gasteiger partial charge on any atom is 0.256 e. The average Bonchev–Trinajstić information content (AvgIpc) is 3.26. The molecule has 0 bridgehead atoms. The quantitative estimate of drug-likeness (QED) is 0.596. The number of nitrogens with one attached hydrogen (secondary N) is 2. The lowest BCUT2D eigenvalue weighted by atomic mass is 10.00. The predicted molar refractivity (Wildman–Crippen MR) is 96.6 cm³/mol. The van der Waals surface area contributed by atoms with Crippen LogP contribution in [-0.2, 0) is 0 Å². The lowest BCUT2D eigenvalue weighted by molar-refractivity contribution is 0.0232. The monoisotopic (exact) mass is 357 g/mol. The molecule has 4 N–H and O–H groups in total. The molecule has 8 heteroatoms. The summed E-state index contributed by atoms with van der Waals surface area (Å²) in [6.45, 7) is 0.539. The Morgan fingerprint density at radius 3 is 2.88 bits per heavy atom. The van der Waals surface area contributed by atoms with Crippen LogP contribution in [0.2, 0.25) is 0 Å². The van der Waals surface area contributed by atoms with Crippen molar-refractivity contribution in [2.24, 2.45) is 21.8 Å². The van der Waals surface area contributed by atoms with Crippen molar-refractivity contribution in [2.75, 3.05) is 13.2 Å². The molecule has 0 radical (unpaired) electrons. The number of aliphatic hydroxyl groups excluding tert-OH is 2. The van der Waals surface area contributed by atoms with Crippen LogP contribution < -0.4 is 10.7 Å². The second-order valence-corrected chi connectivity index (χ2v) is 6.95. The molecular formula is C18H23N5O3. The molecule has 2 unspecified atom stereocenters. The van der Waals surface area contributed by atoms with Gasteiger partial charge in [0.15, 0.2) is 0 Å². The summed E-state index contributed by atoms with van der Waals surface area (Å²) in [6, 6.07) is 9.03. The number of carbonyl (C=O) groups excluding carboxylic acids is 1. The van der Waals surface area contributed by atoms with Crippen molar-refractivity contribution in [1.29, 1.82) is 0 Å². The Hall–Kier alpha value is -2.13. The number of hydrogen-bond donors (Lipinski definition) is 4. The molecule has 1 aliphatic carbocycles. The Bertz CT molecular complexity index is 723. The number of hydrazine groups is 1. The molecule has 1 aromatic carbocycles. The minimum atomic E-state index is -0.496. The predicted octanol–water partition coefficient (Wildman–Crippen LogP) is -0.249. The first kappa shape index (κ1) is 17.3. The number of rotatable bonds is 3. The van der Waals surface area contributed by atoms with Crippen LogP contribution in [0, 0.1) is 11.8 Å². The number of amidine groups is 1. The third kappa shape index (κ3) is 3.05. The summed E-state index contributed by atoms with van der Waals surface area (Å²) in [7, 11) is 0. The summed E-state index contributed by atoms with van der Waals surface area (Å²) in [6.07, 6.45) is 2.23. The van der Waals surface area contributed by atoms with Crippen LogP contribution in [0.15, 0.2) is 40.3 Å². The summed E-state index contributed by atoms with van der Waals surface area (Å²) in [5, 5.41) is 24.6. The lowest BCUT2D eigenvalue weighted by Gasteiger charge is -2.33. The number of fused-ring (bicyclic) bond motifs is 1. The molecule has 2 heterocycles. The molecule has 4 rings (SSSR count). The molecule has 8 nitrogen and oxygen atoms in total. The molecule has 1 amide bonds. The highest BCUT2D eigenvalue weighted by molar-refractivity contribution is 6.09. The summed E-state index contributed by atoms with van der Waals surface area (Å²) in [5.41, 5.74) is 3.91. The number of carbonyl (C=O) groups is 1. The van der Waals surface area contributed by atoms with E-state index in [2.05, 4.69) is 20.7 Å². The van der Waals surface area contributed by atoms with Crippen molar-refractivity contribution in [2.45, 2.75) is 31.2 Å². The molecule has 2 fully saturated rings. The largest absolute Gasteiger partial charge is 0.396 e. The number of amides is 1. The molecule has 26 heavy (non-hydrogen) atoms. The number of aliphatic hydroxyl groups is 2. The second kappa shape index (κ2) is 7.24. The third-order valence-corrected chi connectivity index (χ3v) is 5.50. The zero-order valence-electron chi connectivity index (χ0n) is 14.3. The van der Waals surface area contributed by atoms with E-state index in [9.17, 15) is 15.0 Å². The fourth-order valence-electron chi connectivity index (χ4n) is 4.10. The van der Waals surface area contributed by atoms with Crippen molar-refractivity contribution in [3.8, 4) is 0 Å². The molecule has 1 aromatic rings. The number of nitrogens with zero attached hydrogens (tertiary/aromatic N) is 3. The number of benzene rings is 1. The fourth-order valence-corrected chi connectivity index (χ4v) is 4.10. The molecular weight excluding hydrogens is 334 g/mol. The van der Waals surface area contributed by atoms with Crippen molar-refractivity contribution in [1.82, 2.24) is 15.8 Å². The van der Waals surface area contributed by atoms with Crippen LogP contribution in [0.25, 0.3) is 0 Å². The van der Waals surface area contributed by atoms with Gasteiger partial charge in [0.2, 0.25) is 0 Å². The van der Waals surface area contributed by atoms with Crippen LogP contribution >= 0.6 is 0 Å². The highest BCUT2D eigenvalue weighted by Crippen LogP contribution is 2.34. The van der Waals surface area contributed by atoms with E-state index in [1.807, 2.05) is 23.2 Å². The Balaban J connectivity index is 1.48. The molecule has 2 aliphatic heterocycles. The maximum atomic E-state index is 12.4. The SMILES string of the molecule is O=C(NC1=NC=NC2C1CNN2[C@H]1CC[C@H](O)[C@H]1CO)c1ccccc1. The van der Waals surface area contributed by atoms with Gasteiger partial charge in [-0.05, 0) is 25.0 Å². The molecule has 5 atom stereocenters. The van der Waals surface area contributed by atoms with Gasteiger partial charge in [-0.15, -0.1) is 0 Å². The fraction of sp³-hybridized carbons (Fsp3) is 0.500. The standard InChI is InChI=1S/C18H23N5O3/c24-9-13-14(6-7-15(13)25)23-17-12(8-21-23)16(19-10-20-17)22-18(26)11-4-2-1-3-5-11/h1-5,10,12-15,17,21,24-25H,6-9H2,(H,19,20,22,26)/t12?,13-,14-,15-,17?/m0/s1. The van der Waals surface area contributed by atoms with E-state index in [4.69, 9.17) is 0 Å². The summed E-state index contributed by atoms with van der Waals surface area (Å²) < 4.78 is 0. The molecule has 1 saturated heterocycles. The van der Waals surface area contributed by atoms with Gasteiger partial charge in [-0.1, -0.05) is 18.2 Å². The van der Waals surface area contributed by atoms with Gasteiger partial charge >= 0.3 is 0 Å². The third-order valence-electron chi connectivity index (χ3n) is 5.50. The van der Waals surface area contributed by atoms with E-state index in [0.717, 1.165) is 6.42 Å². The maximum absolute atomic E-state index is 12.4. The van der Waals surface area contributed by atoms with Crippen molar-refractivity contribution in [3.05, 3.63) is 35.9 Å². The van der Waals surface area contributed by atoms with Crippen molar-refractivity contribution < 1.29 is 15.0 Å². The highest BCUT2D eigenvalue weighted by atomic mass is 16.3. The van der Waals surface area contributed by atoms with Gasteiger partial charge in [0.25, 0.3) is 5.91 Å². The zero-order chi connectivity index (χ0) is 18.1. The Morgan fingerprint density at radius 1 is 1.31 bits per heavy atom. The van der Waals surface area contributed by atoms with E-state index in [0.29, 0.717) is 24.4 Å². The highest BCUT2D eigenvalue weighted by Gasteiger charge is 2.47. The van der Waals surface area contributed by atoms with E-state index in [1.54, 1.807) is 12.1 Å². The van der Waals surface area contributed by atoms with Gasteiger partial charge in [-0.3, -0.25) is 15.2 Å². The Labute approximate surface area is 151 Å². The number of hydrogen-bond acceptors (Lipinski definition) is 7. The van der Waals surface area contributed by atoms with Gasteiger partial charge in [0, 0.05) is 30.7 Å². The van der Waals surface area contributed by atoms with Gasteiger partial charge in [0.1, 0.15) is 18.3 Å². The Morgan fingerprint density at radius 2 is 2.12 bits per heavy atom. The van der Waals surface area contributed by atoms with Crippen LogP contribution in [0.5, 0.6) is 0 Å². The van der Waals surface area contributed by atoms with Crippen LogP contribution in [0.4, 0.5) is 0 Å². The van der Waals surface area contributed by atoms with E-state index in [1.165, 1.54) is 6.34 Å². The van der Waals surface area contributed by atoms with Crippen molar-refractivity contribution >= 4 is 18.1 Å². The first-order valence-electron chi connectivity index (χ1n) is 8.95. The summed E-state index contributed by atoms with van der Waals surface area (Å²) in [4.78, 5) is 21.2. The smallest absolute Gasteiger partial charge is 0.256 e. The zero-order valence-corrected chi connectivity index (χ0v) is 14.3. The minimum Gasteiger partial charge on any atom is -0.396 e. The van der Waals surface area contributed by atoms with Gasteiger partial charge in [-0.2, -0.15) is 0 Å². The average molecular weight is 357 g/mol. The Kier molecular flexibility index (Phi) is 4.82. The first-order valence-corrected chi connectivity index (χ1v) is 8.95. The summed E-state index contributed by atoms with van der Waals surface area (Å²) >= 11 is 0. The van der Waals surface area contributed by atoms with Crippen LogP contribution in [0.3, 0.4) is 0 Å². The molecule has 0 spiro atoms. The second-order valence-electron chi connectivity index (χ2n) is 6.95. The number of aliphatic imine (C=N–C) groups is 2. The van der Waals surface area contributed by atoms with Gasteiger partial charge in [-0.25, -0.2) is 10.0 Å². The van der Waals surface area contributed by atoms with E-state index >= 15 is 0 Å². The van der Waals surface area contributed by atoms with E-state index < -0.39 is 6.10 Å². The van der Waals surface area contributed by atoms with Gasteiger partial charge < -0.3 is 15.5 Å².